The Morgan fingerprint density at radius 3 is 1.56 bits per heavy atom. The van der Waals surface area contributed by atoms with Crippen LogP contribution in [0.1, 0.15) is 155 Å². The lowest BCUT2D eigenvalue weighted by Gasteiger charge is -2.34. The summed E-state index contributed by atoms with van der Waals surface area (Å²) < 4.78 is 17.1. The van der Waals surface area contributed by atoms with Crippen LogP contribution in [0.5, 0.6) is 0 Å². The molecule has 0 saturated heterocycles. The Balaban J connectivity index is 4.49. The monoisotopic (exact) mass is 770 g/mol. The zero-order valence-corrected chi connectivity index (χ0v) is 35.6. The van der Waals surface area contributed by atoms with Crippen molar-refractivity contribution >= 4 is 17.9 Å². The zero-order chi connectivity index (χ0) is 40.7. The van der Waals surface area contributed by atoms with Gasteiger partial charge in [0.1, 0.15) is 12.6 Å². The van der Waals surface area contributed by atoms with Crippen LogP contribution < -0.4 is 5.11 Å². The number of quaternary nitrogens is 1. The maximum absolute atomic E-state index is 12.7. The molecular formula is C47H79NO7. The van der Waals surface area contributed by atoms with Gasteiger partial charge in [-0.1, -0.05) is 132 Å². The number of ether oxygens (including phenoxy) is 3. The molecule has 0 bridgehead atoms. The molecule has 0 aromatic heterocycles. The van der Waals surface area contributed by atoms with E-state index in [0.29, 0.717) is 12.8 Å². The smallest absolute Gasteiger partial charge is 0.306 e. The molecule has 0 aromatic carbocycles. The van der Waals surface area contributed by atoms with Gasteiger partial charge in [0.2, 0.25) is 0 Å². The first-order valence-electron chi connectivity index (χ1n) is 21.5. The fourth-order valence-corrected chi connectivity index (χ4v) is 5.75. The van der Waals surface area contributed by atoms with Gasteiger partial charge in [-0.3, -0.25) is 9.59 Å². The molecule has 2 unspecified atom stereocenters. The van der Waals surface area contributed by atoms with E-state index < -0.39 is 18.1 Å². The molecule has 0 amide bonds. The third-order valence-electron chi connectivity index (χ3n) is 9.08. The summed E-state index contributed by atoms with van der Waals surface area (Å²) in [5.41, 5.74) is 0. The van der Waals surface area contributed by atoms with Crippen LogP contribution in [0.25, 0.3) is 0 Å². The molecule has 2 atom stereocenters. The first kappa shape index (κ1) is 51.8. The molecule has 0 fully saturated rings. The Bertz CT molecular complexity index is 1130. The van der Waals surface area contributed by atoms with Crippen molar-refractivity contribution in [1.29, 1.82) is 0 Å². The molecular weight excluding hydrogens is 691 g/mol. The molecule has 0 aliphatic carbocycles. The van der Waals surface area contributed by atoms with Gasteiger partial charge < -0.3 is 28.6 Å². The number of likely N-dealkylation sites (N-methyl/N-ethyl adjacent to an activating group) is 1. The van der Waals surface area contributed by atoms with Crippen LogP contribution in [-0.2, 0) is 28.6 Å². The van der Waals surface area contributed by atoms with Crippen LogP contribution in [0.2, 0.25) is 0 Å². The summed E-state index contributed by atoms with van der Waals surface area (Å²) in [4.78, 5) is 36.8. The van der Waals surface area contributed by atoms with Crippen LogP contribution in [-0.4, -0.2) is 75.5 Å². The molecule has 0 heterocycles. The first-order valence-corrected chi connectivity index (χ1v) is 21.5. The molecule has 8 nitrogen and oxygen atoms in total. The number of aliphatic carboxylic acids is 1. The van der Waals surface area contributed by atoms with E-state index in [-0.39, 0.29) is 49.1 Å². The molecule has 0 aliphatic rings. The maximum atomic E-state index is 12.7. The molecule has 0 aromatic rings. The second kappa shape index (κ2) is 37.7. The SMILES string of the molecule is CC/C=C/C/C=C/CCCCCCCCCC(=O)OCC(COCCC(C(=O)[O-])[N+](C)(C)C)OC(=O)CCC/C=C/C/C=C/C/C=C/C/C=C/CCCCC. The van der Waals surface area contributed by atoms with Gasteiger partial charge in [-0.05, 0) is 77.0 Å². The highest BCUT2D eigenvalue weighted by Crippen LogP contribution is 2.12. The van der Waals surface area contributed by atoms with Gasteiger partial charge in [-0.15, -0.1) is 0 Å². The Hall–Kier alpha value is -3.23. The second-order valence-corrected chi connectivity index (χ2v) is 15.2. The average Bonchev–Trinajstić information content (AvgIpc) is 3.14. The van der Waals surface area contributed by atoms with Crippen molar-refractivity contribution < 1.29 is 38.2 Å². The number of carboxylic acid groups (broad SMARTS) is 1. The molecule has 314 valence electrons. The van der Waals surface area contributed by atoms with Crippen molar-refractivity contribution in [2.75, 3.05) is 41.0 Å². The van der Waals surface area contributed by atoms with Crippen molar-refractivity contribution in [1.82, 2.24) is 0 Å². The van der Waals surface area contributed by atoms with Gasteiger partial charge >= 0.3 is 11.9 Å². The summed E-state index contributed by atoms with van der Waals surface area (Å²) >= 11 is 0. The van der Waals surface area contributed by atoms with Crippen molar-refractivity contribution in [3.63, 3.8) is 0 Å². The van der Waals surface area contributed by atoms with Crippen molar-refractivity contribution in [2.45, 2.75) is 167 Å². The van der Waals surface area contributed by atoms with Crippen LogP contribution in [0.15, 0.2) is 72.9 Å². The van der Waals surface area contributed by atoms with Gasteiger partial charge in [-0.25, -0.2) is 0 Å². The van der Waals surface area contributed by atoms with E-state index in [4.69, 9.17) is 14.2 Å². The van der Waals surface area contributed by atoms with Gasteiger partial charge in [-0.2, -0.15) is 0 Å². The van der Waals surface area contributed by atoms with Crippen LogP contribution in [0, 0.1) is 0 Å². The third-order valence-corrected chi connectivity index (χ3v) is 9.08. The number of rotatable bonds is 37. The quantitative estimate of drug-likeness (QED) is 0.0268. The van der Waals surface area contributed by atoms with Crippen LogP contribution in [0.3, 0.4) is 0 Å². The predicted molar refractivity (Wildman–Crippen MR) is 226 cm³/mol. The number of esters is 2. The number of hydrogen-bond acceptors (Lipinski definition) is 7. The minimum absolute atomic E-state index is 0.0127. The Morgan fingerprint density at radius 2 is 1.04 bits per heavy atom. The molecule has 0 aliphatic heterocycles. The summed E-state index contributed by atoms with van der Waals surface area (Å²) in [6.45, 7) is 4.44. The highest BCUT2D eigenvalue weighted by molar-refractivity contribution is 5.70. The number of allylic oxidation sites excluding steroid dienone is 12. The number of unbranched alkanes of at least 4 members (excludes halogenated alkanes) is 11. The van der Waals surface area contributed by atoms with E-state index in [2.05, 4.69) is 86.8 Å². The summed E-state index contributed by atoms with van der Waals surface area (Å²) in [5.74, 6) is -1.83. The highest BCUT2D eigenvalue weighted by Gasteiger charge is 2.25. The second-order valence-electron chi connectivity index (χ2n) is 15.2. The van der Waals surface area contributed by atoms with E-state index in [0.717, 1.165) is 64.2 Å². The van der Waals surface area contributed by atoms with Crippen molar-refractivity contribution in [3.8, 4) is 0 Å². The van der Waals surface area contributed by atoms with E-state index >= 15 is 0 Å². The summed E-state index contributed by atoms with van der Waals surface area (Å²) in [6.07, 6.45) is 46.4. The molecule has 55 heavy (non-hydrogen) atoms. The predicted octanol–water partition coefficient (Wildman–Crippen LogP) is 10.2. The minimum atomic E-state index is -1.14. The maximum Gasteiger partial charge on any atom is 0.306 e. The Kier molecular flexibility index (Phi) is 35.5. The van der Waals surface area contributed by atoms with E-state index in [1.807, 2.05) is 0 Å². The van der Waals surface area contributed by atoms with Gasteiger partial charge in [0.15, 0.2) is 6.10 Å². The minimum Gasteiger partial charge on any atom is -0.544 e. The normalized spacial score (nSPS) is 13.7. The summed E-state index contributed by atoms with van der Waals surface area (Å²) in [6, 6.07) is -0.739. The summed E-state index contributed by atoms with van der Waals surface area (Å²) in [5, 5.41) is 11.6. The van der Waals surface area contributed by atoms with Crippen molar-refractivity contribution in [2.24, 2.45) is 0 Å². The van der Waals surface area contributed by atoms with Gasteiger partial charge in [0.05, 0.1) is 40.3 Å². The fraction of sp³-hybridized carbons (Fsp3) is 0.681. The van der Waals surface area contributed by atoms with Crippen molar-refractivity contribution in [3.05, 3.63) is 72.9 Å². The molecule has 0 rings (SSSR count). The Labute approximate surface area is 336 Å². The number of hydrogen-bond donors (Lipinski definition) is 0. The summed E-state index contributed by atoms with van der Waals surface area (Å²) in [7, 11) is 5.37. The zero-order valence-electron chi connectivity index (χ0n) is 35.6. The lowest BCUT2D eigenvalue weighted by Crippen LogP contribution is -2.55. The average molecular weight is 770 g/mol. The van der Waals surface area contributed by atoms with Gasteiger partial charge in [0, 0.05) is 19.3 Å². The number of nitrogens with zero attached hydrogens (tertiary/aromatic N) is 1. The molecule has 0 radical (unpaired) electrons. The standard InChI is InChI=1S/C47H79NO7/c1-6-8-10-12-14-16-18-20-22-23-24-26-28-30-32-34-36-38-46(50)55-43(41-53-40-39-44(47(51)52)48(3,4)5)42-54-45(49)37-35-33-31-29-27-25-21-19-17-15-13-11-9-7-2/h9,11,14-17,20,22,24,26,30,32,43-44H,6-8,10,12-13,18-19,21,23,25,27-29,31,33-42H2,1-5H3/b11-9+,16-14+,17-15+,22-20+,26-24+,32-30+. The molecule has 0 N–H and O–H groups in total. The highest BCUT2D eigenvalue weighted by atomic mass is 16.6. The van der Waals surface area contributed by atoms with Crippen LogP contribution in [0.4, 0.5) is 0 Å². The molecule has 0 spiro atoms. The van der Waals surface area contributed by atoms with E-state index in [9.17, 15) is 19.5 Å². The lowest BCUT2D eigenvalue weighted by atomic mass is 10.1. The number of carboxylic acids is 1. The number of carbonyl (C=O) groups is 3. The number of carbonyl (C=O) groups excluding carboxylic acids is 3. The largest absolute Gasteiger partial charge is 0.544 e. The fourth-order valence-electron chi connectivity index (χ4n) is 5.75. The molecule has 0 saturated carbocycles. The topological polar surface area (TPSA) is 102 Å². The van der Waals surface area contributed by atoms with Gasteiger partial charge in [0.25, 0.3) is 0 Å². The third kappa shape index (κ3) is 36.2. The van der Waals surface area contributed by atoms with Crippen LogP contribution >= 0.6 is 0 Å². The lowest BCUT2D eigenvalue weighted by molar-refractivity contribution is -0.889. The Morgan fingerprint density at radius 1 is 0.564 bits per heavy atom. The van der Waals surface area contributed by atoms with E-state index in [1.165, 1.54) is 51.4 Å². The molecule has 8 heteroatoms. The first-order chi connectivity index (χ1) is 26.6. The van der Waals surface area contributed by atoms with E-state index in [1.54, 1.807) is 21.1 Å².